The van der Waals surface area contributed by atoms with Crippen molar-refractivity contribution in [1.82, 2.24) is 5.09 Å². The third kappa shape index (κ3) is 3.83. The summed E-state index contributed by atoms with van der Waals surface area (Å²) in [7, 11) is -4.93. The first-order valence-corrected chi connectivity index (χ1v) is 5.09. The van der Waals surface area contributed by atoms with Crippen LogP contribution in [0.3, 0.4) is 0 Å². The zero-order valence-corrected chi connectivity index (χ0v) is 8.19. The summed E-state index contributed by atoms with van der Waals surface area (Å²) >= 11 is 0. The molecule has 12 heavy (non-hydrogen) atoms. The molecule has 1 atom stereocenters. The Morgan fingerprint density at radius 2 is 2.08 bits per heavy atom. The average molecular weight is 197 g/mol. The van der Waals surface area contributed by atoms with Crippen LogP contribution < -0.4 is 5.09 Å². The molecule has 0 aliphatic carbocycles. The lowest BCUT2D eigenvalue weighted by Gasteiger charge is -2.20. The lowest BCUT2D eigenvalue weighted by Crippen LogP contribution is -2.33. The molecule has 0 aromatic carbocycles. The van der Waals surface area contributed by atoms with Gasteiger partial charge in [0.25, 0.3) is 0 Å². The highest BCUT2D eigenvalue weighted by Gasteiger charge is 2.30. The topological polar surface area (TPSA) is 66.4 Å². The van der Waals surface area contributed by atoms with E-state index in [4.69, 9.17) is 4.89 Å². The van der Waals surface area contributed by atoms with Gasteiger partial charge in [-0.2, -0.15) is 0 Å². The fourth-order valence-electron chi connectivity index (χ4n) is 0.437. The van der Waals surface area contributed by atoms with E-state index in [1.807, 2.05) is 0 Å². The molecule has 72 valence electrons. The number of amides is 1. The number of halogens is 1. The summed E-state index contributed by atoms with van der Waals surface area (Å²) in [6.07, 6.45) is 0.471. The number of carbonyl (C=O) groups excluding carboxylic acids is 1. The van der Waals surface area contributed by atoms with Crippen molar-refractivity contribution >= 4 is 13.7 Å². The molecule has 0 rings (SSSR count). The first-order valence-electron chi connectivity index (χ1n) is 3.54. The van der Waals surface area contributed by atoms with Crippen molar-refractivity contribution in [2.45, 2.75) is 27.2 Å². The molecule has 0 bridgehead atoms. The van der Waals surface area contributed by atoms with Crippen LogP contribution in [0, 0.1) is 5.41 Å². The molecule has 0 fully saturated rings. The third-order valence-corrected chi connectivity index (χ3v) is 2.22. The standard InChI is InChI=1S/C6H13FNO3P/c1-4-6(2,3)5(9)8-12(7,10)11/h4H2,1-3H3,(H2,8,9,10,11). The van der Waals surface area contributed by atoms with E-state index in [1.165, 1.54) is 5.09 Å². The highest BCUT2D eigenvalue weighted by atomic mass is 31.2. The molecule has 2 N–H and O–H groups in total. The summed E-state index contributed by atoms with van der Waals surface area (Å²) in [4.78, 5) is 19.2. The average Bonchev–Trinajstić information content (AvgIpc) is 1.84. The van der Waals surface area contributed by atoms with Crippen LogP contribution in [-0.2, 0) is 9.36 Å². The predicted molar refractivity (Wildman–Crippen MR) is 43.1 cm³/mol. The molecular weight excluding hydrogens is 184 g/mol. The number of hydrogen-bond acceptors (Lipinski definition) is 2. The second-order valence-electron chi connectivity index (χ2n) is 3.18. The quantitative estimate of drug-likeness (QED) is 0.675. The van der Waals surface area contributed by atoms with Gasteiger partial charge in [0.2, 0.25) is 5.91 Å². The van der Waals surface area contributed by atoms with Gasteiger partial charge in [-0.05, 0) is 6.42 Å². The van der Waals surface area contributed by atoms with E-state index in [1.54, 1.807) is 20.8 Å². The molecule has 0 aliphatic heterocycles. The van der Waals surface area contributed by atoms with Crippen molar-refractivity contribution in [2.75, 3.05) is 0 Å². The molecule has 6 heteroatoms. The van der Waals surface area contributed by atoms with Crippen molar-refractivity contribution in [3.63, 3.8) is 0 Å². The van der Waals surface area contributed by atoms with E-state index in [-0.39, 0.29) is 0 Å². The summed E-state index contributed by atoms with van der Waals surface area (Å²) in [6, 6.07) is 0. The highest BCUT2D eigenvalue weighted by molar-refractivity contribution is 7.50. The molecular formula is C6H13FNO3P. The lowest BCUT2D eigenvalue weighted by molar-refractivity contribution is -0.127. The van der Waals surface area contributed by atoms with Crippen molar-refractivity contribution in [2.24, 2.45) is 5.41 Å². The molecule has 0 saturated heterocycles. The van der Waals surface area contributed by atoms with Gasteiger partial charge in [-0.25, -0.2) is 4.57 Å². The van der Waals surface area contributed by atoms with Crippen LogP contribution in [0.1, 0.15) is 27.2 Å². The summed E-state index contributed by atoms with van der Waals surface area (Å²) in [5.41, 5.74) is -0.815. The molecule has 0 aromatic rings. The summed E-state index contributed by atoms with van der Waals surface area (Å²) in [5.74, 6) is -0.752. The minimum absolute atomic E-state index is 0.471. The summed E-state index contributed by atoms with van der Waals surface area (Å²) < 4.78 is 22.2. The Hall–Kier alpha value is -0.410. The molecule has 0 aliphatic rings. The second kappa shape index (κ2) is 3.54. The van der Waals surface area contributed by atoms with Gasteiger partial charge in [-0.3, -0.25) is 9.88 Å². The summed E-state index contributed by atoms with van der Waals surface area (Å²) in [6.45, 7) is 4.87. The molecule has 0 spiro atoms. The van der Waals surface area contributed by atoms with E-state index >= 15 is 0 Å². The van der Waals surface area contributed by atoms with E-state index in [0.29, 0.717) is 6.42 Å². The van der Waals surface area contributed by atoms with Crippen LogP contribution in [0.15, 0.2) is 0 Å². The zero-order chi connectivity index (χ0) is 9.99. The van der Waals surface area contributed by atoms with Gasteiger partial charge >= 0.3 is 7.83 Å². The Bertz CT molecular complexity index is 223. The fraction of sp³-hybridized carbons (Fsp3) is 0.833. The van der Waals surface area contributed by atoms with Crippen LogP contribution in [0.2, 0.25) is 0 Å². The van der Waals surface area contributed by atoms with E-state index in [0.717, 1.165) is 0 Å². The van der Waals surface area contributed by atoms with Gasteiger partial charge in [0, 0.05) is 5.41 Å². The minimum Gasteiger partial charge on any atom is -0.305 e. The SMILES string of the molecule is CCC(C)(C)C(=O)NP(=O)(O)F. The first kappa shape index (κ1) is 11.6. The molecule has 1 unspecified atom stereocenters. The largest absolute Gasteiger partial charge is 0.469 e. The molecule has 0 saturated carbocycles. The van der Waals surface area contributed by atoms with Gasteiger partial charge in [-0.15, -0.1) is 4.20 Å². The fourth-order valence-corrected chi connectivity index (χ4v) is 0.990. The van der Waals surface area contributed by atoms with Gasteiger partial charge in [0.05, 0.1) is 0 Å². The van der Waals surface area contributed by atoms with E-state index < -0.39 is 19.2 Å². The van der Waals surface area contributed by atoms with Crippen molar-refractivity contribution in [1.29, 1.82) is 0 Å². The second-order valence-corrected chi connectivity index (χ2v) is 4.41. The van der Waals surface area contributed by atoms with Crippen LogP contribution >= 0.6 is 7.83 Å². The predicted octanol–water partition coefficient (Wildman–Crippen LogP) is 1.61. The third-order valence-electron chi connectivity index (χ3n) is 1.74. The normalized spacial score (nSPS) is 16.8. The maximum atomic E-state index is 12.1. The lowest BCUT2D eigenvalue weighted by atomic mass is 9.90. The van der Waals surface area contributed by atoms with E-state index in [2.05, 4.69) is 0 Å². The Kier molecular flexibility index (Phi) is 3.42. The van der Waals surface area contributed by atoms with Crippen LogP contribution in [-0.4, -0.2) is 10.8 Å². The molecule has 4 nitrogen and oxygen atoms in total. The van der Waals surface area contributed by atoms with Crippen molar-refractivity contribution < 1.29 is 18.4 Å². The number of rotatable bonds is 3. The van der Waals surface area contributed by atoms with Gasteiger partial charge in [0.15, 0.2) is 0 Å². The van der Waals surface area contributed by atoms with Gasteiger partial charge < -0.3 is 4.89 Å². The Morgan fingerprint density at radius 3 is 2.33 bits per heavy atom. The molecule has 1 amide bonds. The van der Waals surface area contributed by atoms with Crippen LogP contribution in [0.25, 0.3) is 0 Å². The smallest absolute Gasteiger partial charge is 0.305 e. The number of carbonyl (C=O) groups is 1. The van der Waals surface area contributed by atoms with Gasteiger partial charge in [0.1, 0.15) is 0 Å². The van der Waals surface area contributed by atoms with Crippen LogP contribution in [0.5, 0.6) is 0 Å². The maximum absolute atomic E-state index is 12.1. The molecule has 0 heterocycles. The van der Waals surface area contributed by atoms with Crippen molar-refractivity contribution in [3.8, 4) is 0 Å². The highest BCUT2D eigenvalue weighted by Crippen LogP contribution is 2.38. The van der Waals surface area contributed by atoms with Gasteiger partial charge in [-0.1, -0.05) is 20.8 Å². The zero-order valence-electron chi connectivity index (χ0n) is 7.30. The Morgan fingerprint density at radius 1 is 1.67 bits per heavy atom. The Balaban J connectivity index is 4.34. The number of nitrogens with one attached hydrogen (secondary N) is 1. The molecule has 0 aromatic heterocycles. The minimum atomic E-state index is -4.93. The summed E-state index contributed by atoms with van der Waals surface area (Å²) in [5, 5.41) is 1.42. The maximum Gasteiger partial charge on any atom is 0.469 e. The Labute approximate surface area is 70.8 Å². The van der Waals surface area contributed by atoms with Crippen molar-refractivity contribution in [3.05, 3.63) is 0 Å². The van der Waals surface area contributed by atoms with Crippen LogP contribution in [0.4, 0.5) is 4.20 Å². The number of hydrogen-bond donors (Lipinski definition) is 2. The van der Waals surface area contributed by atoms with E-state index in [9.17, 15) is 13.6 Å². The first-order chi connectivity index (χ1) is 5.19. The molecule has 0 radical (unpaired) electrons. The monoisotopic (exact) mass is 197 g/mol.